The lowest BCUT2D eigenvalue weighted by Crippen LogP contribution is -2.31. The zero-order chi connectivity index (χ0) is 22.7. The van der Waals surface area contributed by atoms with Crippen LogP contribution in [0.2, 0.25) is 0 Å². The number of aromatic nitrogens is 2. The van der Waals surface area contributed by atoms with Gasteiger partial charge in [0.2, 0.25) is 0 Å². The number of thiazole rings is 1. The summed E-state index contributed by atoms with van der Waals surface area (Å²) in [6.45, 7) is 2.76. The SMILES string of the molecule is CC(=O)Oc1ccc(OC(C)=O)c(-c2csc3nc(C45CC6CCCC(C4)C(C6)C5)cn23)c1. The van der Waals surface area contributed by atoms with Gasteiger partial charge in [-0.3, -0.25) is 14.0 Å². The maximum absolute atomic E-state index is 11.7. The summed E-state index contributed by atoms with van der Waals surface area (Å²) in [6, 6.07) is 5.08. The van der Waals surface area contributed by atoms with Crippen molar-refractivity contribution >= 4 is 28.2 Å². The summed E-state index contributed by atoms with van der Waals surface area (Å²) < 4.78 is 12.9. The number of carbonyl (C=O) groups is 2. The fourth-order valence-electron chi connectivity index (χ4n) is 6.88. The van der Waals surface area contributed by atoms with E-state index < -0.39 is 0 Å². The Bertz CT molecular complexity index is 1260. The van der Waals surface area contributed by atoms with Crippen molar-refractivity contribution in [2.75, 3.05) is 0 Å². The largest absolute Gasteiger partial charge is 0.427 e. The molecule has 6 nitrogen and oxygen atoms in total. The third-order valence-corrected chi connectivity index (χ3v) is 8.81. The second-order valence-electron chi connectivity index (χ2n) is 10.2. The predicted molar refractivity (Wildman–Crippen MR) is 126 cm³/mol. The minimum absolute atomic E-state index is 0.208. The van der Waals surface area contributed by atoms with Gasteiger partial charge in [-0.1, -0.05) is 19.3 Å². The molecule has 0 aliphatic heterocycles. The van der Waals surface area contributed by atoms with Gasteiger partial charge in [-0.25, -0.2) is 4.98 Å². The van der Waals surface area contributed by atoms with E-state index in [1.54, 1.807) is 29.5 Å². The van der Waals surface area contributed by atoms with Crippen molar-refractivity contribution in [3.05, 3.63) is 35.5 Å². The number of ether oxygens (including phenoxy) is 2. The smallest absolute Gasteiger partial charge is 0.308 e. The van der Waals surface area contributed by atoms with Crippen LogP contribution in [-0.2, 0) is 15.0 Å². The molecule has 172 valence electrons. The van der Waals surface area contributed by atoms with Gasteiger partial charge in [-0.2, -0.15) is 0 Å². The second kappa shape index (κ2) is 7.69. The average molecular weight is 465 g/mol. The standard InChI is InChI=1S/C26H28N2O4S/c1-15(29)31-20-6-7-23(32-16(2)30)21(9-20)22-14-33-25-27-24(13-28(22)25)26-10-17-4-3-5-18(11-26)19(8-17)12-26/h6-7,9,13-14,17-19H,3-5,8,10-12H2,1-2H3. The number of hydrogen-bond acceptors (Lipinski definition) is 6. The Morgan fingerprint density at radius 2 is 1.91 bits per heavy atom. The molecule has 3 aromatic rings. The van der Waals surface area contributed by atoms with Crippen LogP contribution < -0.4 is 9.47 Å². The summed E-state index contributed by atoms with van der Waals surface area (Å²) in [7, 11) is 0. The lowest BCUT2D eigenvalue weighted by atomic mass is 9.68. The molecule has 0 saturated heterocycles. The zero-order valence-electron chi connectivity index (χ0n) is 19.0. The number of imidazole rings is 1. The van der Waals surface area contributed by atoms with E-state index in [-0.39, 0.29) is 17.4 Å². The van der Waals surface area contributed by atoms with Crippen LogP contribution in [0, 0.1) is 17.8 Å². The van der Waals surface area contributed by atoms with Crippen LogP contribution in [-0.4, -0.2) is 21.3 Å². The molecule has 33 heavy (non-hydrogen) atoms. The lowest BCUT2D eigenvalue weighted by Gasteiger charge is -2.36. The average Bonchev–Trinajstić information content (AvgIpc) is 3.37. The molecule has 6 rings (SSSR count). The molecule has 4 atom stereocenters. The molecule has 4 unspecified atom stereocenters. The first-order valence-electron chi connectivity index (χ1n) is 11.9. The van der Waals surface area contributed by atoms with Crippen LogP contribution in [0.4, 0.5) is 0 Å². The quantitative estimate of drug-likeness (QED) is 0.362. The van der Waals surface area contributed by atoms with E-state index in [0.717, 1.165) is 28.4 Å². The first-order chi connectivity index (χ1) is 15.9. The number of nitrogens with zero attached hydrogens (tertiary/aromatic N) is 2. The van der Waals surface area contributed by atoms with Crippen LogP contribution in [0.3, 0.4) is 0 Å². The maximum Gasteiger partial charge on any atom is 0.308 e. The number of esters is 2. The Morgan fingerprint density at radius 1 is 1.09 bits per heavy atom. The molecule has 3 fully saturated rings. The number of hydrogen-bond donors (Lipinski definition) is 0. The Morgan fingerprint density at radius 3 is 2.73 bits per heavy atom. The first-order valence-corrected chi connectivity index (χ1v) is 12.8. The fourth-order valence-corrected chi connectivity index (χ4v) is 7.76. The van der Waals surface area contributed by atoms with Crippen molar-refractivity contribution in [3.8, 4) is 22.8 Å². The Balaban J connectivity index is 1.43. The monoisotopic (exact) mass is 464 g/mol. The number of rotatable bonds is 4. The zero-order valence-corrected chi connectivity index (χ0v) is 19.8. The van der Waals surface area contributed by atoms with Crippen LogP contribution >= 0.6 is 11.3 Å². The van der Waals surface area contributed by atoms with E-state index in [1.807, 2.05) is 5.38 Å². The molecule has 0 spiro atoms. The molecule has 3 saturated carbocycles. The van der Waals surface area contributed by atoms with Gasteiger partial charge in [0.15, 0.2) is 4.96 Å². The topological polar surface area (TPSA) is 69.9 Å². The highest BCUT2D eigenvalue weighted by Crippen LogP contribution is 2.60. The van der Waals surface area contributed by atoms with Crippen molar-refractivity contribution in [1.82, 2.24) is 9.38 Å². The molecule has 3 aliphatic rings. The summed E-state index contributed by atoms with van der Waals surface area (Å²) in [6.07, 6.45) is 11.6. The van der Waals surface area contributed by atoms with Crippen molar-refractivity contribution in [2.45, 2.75) is 64.2 Å². The molecule has 0 N–H and O–H groups in total. The van der Waals surface area contributed by atoms with E-state index in [1.165, 1.54) is 64.5 Å². The molecule has 1 aromatic carbocycles. The van der Waals surface area contributed by atoms with E-state index in [2.05, 4.69) is 10.6 Å². The van der Waals surface area contributed by atoms with Gasteiger partial charge < -0.3 is 9.47 Å². The summed E-state index contributed by atoms with van der Waals surface area (Å²) in [5.74, 6) is 2.64. The minimum atomic E-state index is -0.390. The third kappa shape index (κ3) is 3.57. The highest BCUT2D eigenvalue weighted by molar-refractivity contribution is 7.15. The van der Waals surface area contributed by atoms with Crippen molar-refractivity contribution in [1.29, 1.82) is 0 Å². The Kier molecular flexibility index (Phi) is 4.87. The summed E-state index contributed by atoms with van der Waals surface area (Å²) in [4.78, 5) is 29.3. The number of benzene rings is 1. The molecule has 2 aromatic heterocycles. The van der Waals surface area contributed by atoms with Crippen molar-refractivity contribution in [3.63, 3.8) is 0 Å². The lowest BCUT2D eigenvalue weighted by molar-refractivity contribution is -0.133. The van der Waals surface area contributed by atoms with E-state index in [4.69, 9.17) is 14.5 Å². The summed E-state index contributed by atoms with van der Waals surface area (Å²) >= 11 is 1.59. The van der Waals surface area contributed by atoms with Crippen molar-refractivity contribution in [2.24, 2.45) is 17.8 Å². The first kappa shape index (κ1) is 20.9. The van der Waals surface area contributed by atoms with Crippen LogP contribution in [0.25, 0.3) is 16.2 Å². The van der Waals surface area contributed by atoms with E-state index in [9.17, 15) is 9.59 Å². The molecule has 7 heteroatoms. The van der Waals surface area contributed by atoms with E-state index >= 15 is 0 Å². The van der Waals surface area contributed by atoms with E-state index in [0.29, 0.717) is 17.1 Å². The molecular formula is C26H28N2O4S. The van der Waals surface area contributed by atoms with Crippen LogP contribution in [0.5, 0.6) is 11.5 Å². The van der Waals surface area contributed by atoms with Crippen molar-refractivity contribution < 1.29 is 19.1 Å². The van der Waals surface area contributed by atoms with Gasteiger partial charge in [0.25, 0.3) is 0 Å². The summed E-state index contributed by atoms with van der Waals surface area (Å²) in [5, 5.41) is 2.02. The Hall–Kier alpha value is -2.67. The minimum Gasteiger partial charge on any atom is -0.427 e. The van der Waals surface area contributed by atoms with Gasteiger partial charge >= 0.3 is 11.9 Å². The van der Waals surface area contributed by atoms with Gasteiger partial charge in [0.1, 0.15) is 11.5 Å². The van der Waals surface area contributed by atoms with Gasteiger partial charge in [-0.05, 0) is 61.6 Å². The second-order valence-corrected chi connectivity index (χ2v) is 11.0. The van der Waals surface area contributed by atoms with Gasteiger partial charge in [0, 0.05) is 36.4 Å². The van der Waals surface area contributed by atoms with Gasteiger partial charge in [-0.15, -0.1) is 11.3 Å². The normalized spacial score (nSPS) is 28.1. The highest BCUT2D eigenvalue weighted by Gasteiger charge is 2.53. The highest BCUT2D eigenvalue weighted by atomic mass is 32.1. The maximum atomic E-state index is 11.7. The third-order valence-electron chi connectivity index (χ3n) is 7.97. The number of carbonyl (C=O) groups excluding carboxylic acids is 2. The number of fused-ring (bicyclic) bond motifs is 3. The molecule has 3 bridgehead atoms. The molecule has 0 radical (unpaired) electrons. The molecular weight excluding hydrogens is 436 g/mol. The fraction of sp³-hybridized carbons (Fsp3) is 0.500. The van der Waals surface area contributed by atoms with Crippen LogP contribution in [0.15, 0.2) is 29.8 Å². The van der Waals surface area contributed by atoms with Gasteiger partial charge in [0.05, 0.1) is 11.4 Å². The molecule has 2 heterocycles. The predicted octanol–water partition coefficient (Wildman–Crippen LogP) is 5.77. The Labute approximate surface area is 196 Å². The van der Waals surface area contributed by atoms with Crippen LogP contribution in [0.1, 0.15) is 64.5 Å². The summed E-state index contributed by atoms with van der Waals surface area (Å²) in [5.41, 5.74) is 3.03. The molecule has 3 aliphatic carbocycles. The molecule has 0 amide bonds.